The van der Waals surface area contributed by atoms with Gasteiger partial charge >= 0.3 is 0 Å². The second-order valence-electron chi connectivity index (χ2n) is 13.4. The first-order valence-corrected chi connectivity index (χ1v) is 17.5. The fourth-order valence-electron chi connectivity index (χ4n) is 6.79. The highest BCUT2D eigenvalue weighted by molar-refractivity contribution is 6.13. The quantitative estimate of drug-likeness (QED) is 0.103. The van der Waals surface area contributed by atoms with Gasteiger partial charge in [0.05, 0.1) is 6.61 Å². The van der Waals surface area contributed by atoms with E-state index in [0.717, 1.165) is 106 Å². The molecule has 6 heteroatoms. The summed E-state index contributed by atoms with van der Waals surface area (Å²) in [5.74, 6) is 0.817. The molecule has 1 fully saturated rings. The van der Waals surface area contributed by atoms with E-state index in [-0.39, 0.29) is 11.6 Å². The lowest BCUT2D eigenvalue weighted by atomic mass is 9.86. The van der Waals surface area contributed by atoms with Crippen LogP contribution in [0.5, 0.6) is 5.75 Å². The van der Waals surface area contributed by atoms with Gasteiger partial charge < -0.3 is 9.64 Å². The summed E-state index contributed by atoms with van der Waals surface area (Å²) in [4.78, 5) is 20.7. The van der Waals surface area contributed by atoms with E-state index in [1.165, 1.54) is 23.1 Å². The summed E-state index contributed by atoms with van der Waals surface area (Å²) >= 11 is 0. The van der Waals surface area contributed by atoms with Gasteiger partial charge in [0.15, 0.2) is 5.78 Å². The number of fused-ring (bicyclic) bond motifs is 1. The van der Waals surface area contributed by atoms with E-state index in [1.807, 2.05) is 30.3 Å². The van der Waals surface area contributed by atoms with E-state index in [9.17, 15) is 9.18 Å². The molecule has 0 saturated carbocycles. The van der Waals surface area contributed by atoms with E-state index >= 15 is 0 Å². The molecule has 1 heterocycles. The molecule has 0 atom stereocenters. The molecule has 0 bridgehead atoms. The largest absolute Gasteiger partial charge is 0.494 e. The zero-order valence-corrected chi connectivity index (χ0v) is 28.3. The summed E-state index contributed by atoms with van der Waals surface area (Å²) in [6.07, 6.45) is 6.99. The molecule has 0 spiro atoms. The van der Waals surface area contributed by atoms with Crippen molar-refractivity contribution in [2.75, 3.05) is 46.4 Å². The van der Waals surface area contributed by atoms with Gasteiger partial charge in [0, 0.05) is 56.9 Å². The predicted octanol–water partition coefficient (Wildman–Crippen LogP) is 8.04. The molecule has 1 aliphatic carbocycles. The van der Waals surface area contributed by atoms with Crippen molar-refractivity contribution in [2.45, 2.75) is 51.7 Å². The van der Waals surface area contributed by atoms with Gasteiger partial charge in [-0.2, -0.15) is 0 Å². The van der Waals surface area contributed by atoms with Crippen LogP contribution in [0.15, 0.2) is 103 Å². The Bertz CT molecular complexity index is 1650. The number of allylic oxidation sites excluding steroid dienone is 1. The molecular weight excluding hydrogens is 597 g/mol. The SMILES string of the molecule is CN(Cc1ccccc1)Cc1ccc(/C=C2\CCc3cc(OCCCCCN4CCN(Cc5ccc(F)cc5)CC4)ccc3C2=O)cc1. The highest BCUT2D eigenvalue weighted by atomic mass is 19.1. The van der Waals surface area contributed by atoms with Crippen LogP contribution in [-0.4, -0.2) is 66.9 Å². The summed E-state index contributed by atoms with van der Waals surface area (Å²) in [6, 6.07) is 31.9. The van der Waals surface area contributed by atoms with Crippen molar-refractivity contribution >= 4 is 11.9 Å². The Kier molecular flexibility index (Phi) is 11.8. The first-order chi connectivity index (χ1) is 23.5. The van der Waals surface area contributed by atoms with Crippen molar-refractivity contribution in [1.29, 1.82) is 0 Å². The van der Waals surface area contributed by atoms with Gasteiger partial charge in [-0.3, -0.25) is 14.6 Å². The minimum absolute atomic E-state index is 0.130. The first-order valence-electron chi connectivity index (χ1n) is 17.5. The van der Waals surface area contributed by atoms with Gasteiger partial charge in [-0.05, 0) is 110 Å². The molecule has 0 radical (unpaired) electrons. The van der Waals surface area contributed by atoms with Crippen LogP contribution in [-0.2, 0) is 26.1 Å². The second-order valence-corrected chi connectivity index (χ2v) is 13.4. The number of aryl methyl sites for hydroxylation is 1. The Morgan fingerprint density at radius 2 is 1.44 bits per heavy atom. The van der Waals surface area contributed by atoms with Gasteiger partial charge in [-0.1, -0.05) is 66.7 Å². The number of Topliss-reactive ketones (excluding diaryl/α,β-unsaturated/α-hetero) is 1. The number of halogens is 1. The second kappa shape index (κ2) is 16.8. The number of piperazine rings is 1. The Morgan fingerprint density at radius 3 is 2.19 bits per heavy atom. The topological polar surface area (TPSA) is 36.0 Å². The van der Waals surface area contributed by atoms with Crippen molar-refractivity contribution in [1.82, 2.24) is 14.7 Å². The number of unbranched alkanes of at least 4 members (excludes halogenated alkanes) is 2. The fraction of sp³-hybridized carbons (Fsp3) is 0.357. The Morgan fingerprint density at radius 1 is 0.750 bits per heavy atom. The molecule has 0 amide bonds. The lowest BCUT2D eigenvalue weighted by Crippen LogP contribution is -2.46. The minimum Gasteiger partial charge on any atom is -0.494 e. The first kappa shape index (κ1) is 33.8. The molecule has 48 heavy (non-hydrogen) atoms. The molecule has 4 aromatic rings. The fourth-order valence-corrected chi connectivity index (χ4v) is 6.79. The number of hydrogen-bond donors (Lipinski definition) is 0. The molecule has 6 rings (SSSR count). The summed E-state index contributed by atoms with van der Waals surface area (Å²) < 4.78 is 19.3. The van der Waals surface area contributed by atoms with Gasteiger partial charge in [-0.15, -0.1) is 0 Å². The van der Waals surface area contributed by atoms with E-state index in [2.05, 4.69) is 82.4 Å². The molecule has 250 valence electrons. The van der Waals surface area contributed by atoms with Crippen LogP contribution in [0.3, 0.4) is 0 Å². The molecular formula is C42H48FN3O2. The number of carbonyl (C=O) groups excluding carboxylic acids is 1. The Labute approximate surface area is 285 Å². The van der Waals surface area contributed by atoms with Gasteiger partial charge in [0.1, 0.15) is 11.6 Å². The third kappa shape index (κ3) is 9.72. The van der Waals surface area contributed by atoms with Crippen molar-refractivity contribution in [2.24, 2.45) is 0 Å². The van der Waals surface area contributed by atoms with Crippen LogP contribution >= 0.6 is 0 Å². The third-order valence-electron chi connectivity index (χ3n) is 9.52. The minimum atomic E-state index is -0.174. The average Bonchev–Trinajstić information content (AvgIpc) is 3.10. The zero-order chi connectivity index (χ0) is 33.1. The smallest absolute Gasteiger partial charge is 0.189 e. The van der Waals surface area contributed by atoms with Crippen molar-refractivity contribution in [3.8, 4) is 5.75 Å². The van der Waals surface area contributed by atoms with E-state index in [1.54, 1.807) is 12.1 Å². The maximum absolute atomic E-state index is 13.4. The summed E-state index contributed by atoms with van der Waals surface area (Å²) in [5, 5.41) is 0. The molecule has 5 nitrogen and oxygen atoms in total. The number of nitrogens with zero attached hydrogens (tertiary/aromatic N) is 3. The predicted molar refractivity (Wildman–Crippen MR) is 193 cm³/mol. The molecule has 2 aliphatic rings. The number of hydrogen-bond acceptors (Lipinski definition) is 5. The monoisotopic (exact) mass is 645 g/mol. The molecule has 0 aromatic heterocycles. The maximum atomic E-state index is 13.4. The van der Waals surface area contributed by atoms with Crippen LogP contribution in [0.2, 0.25) is 0 Å². The van der Waals surface area contributed by atoms with Crippen LogP contribution in [0.25, 0.3) is 6.08 Å². The average molecular weight is 646 g/mol. The molecule has 0 unspecified atom stereocenters. The van der Waals surface area contributed by atoms with Crippen molar-refractivity contribution in [3.63, 3.8) is 0 Å². The van der Waals surface area contributed by atoms with Gasteiger partial charge in [0.25, 0.3) is 0 Å². The number of carbonyl (C=O) groups is 1. The summed E-state index contributed by atoms with van der Waals surface area (Å²) in [6.45, 7) is 8.78. The maximum Gasteiger partial charge on any atom is 0.189 e. The van der Waals surface area contributed by atoms with Crippen LogP contribution < -0.4 is 4.74 Å². The van der Waals surface area contributed by atoms with Gasteiger partial charge in [-0.25, -0.2) is 4.39 Å². The van der Waals surface area contributed by atoms with E-state index in [4.69, 9.17) is 4.74 Å². The zero-order valence-electron chi connectivity index (χ0n) is 28.3. The van der Waals surface area contributed by atoms with E-state index in [0.29, 0.717) is 6.61 Å². The Hall–Kier alpha value is -4.10. The Balaban J connectivity index is 0.889. The van der Waals surface area contributed by atoms with E-state index < -0.39 is 0 Å². The standard InChI is InChI=1S/C42H48FN3O2/c1-44(30-34-8-4-2-5-9-34)31-35-12-10-33(11-13-35)28-38-17-16-37-29-40(20-21-41(37)42(38)47)48-27-7-3-6-22-45-23-25-46(26-24-45)32-36-14-18-39(43)19-15-36/h2,4-5,8-15,18-21,28-29H,3,6-7,16-17,22-27,30-32H2,1H3/b38-28+. The number of benzene rings is 4. The highest BCUT2D eigenvalue weighted by Gasteiger charge is 2.22. The summed E-state index contributed by atoms with van der Waals surface area (Å²) in [5.41, 5.74) is 7.58. The molecule has 0 N–H and O–H groups in total. The number of rotatable bonds is 14. The van der Waals surface area contributed by atoms with Gasteiger partial charge in [0.2, 0.25) is 0 Å². The normalized spacial score (nSPS) is 16.4. The number of ether oxygens (including phenoxy) is 1. The van der Waals surface area contributed by atoms with Crippen LogP contribution in [0.4, 0.5) is 4.39 Å². The van der Waals surface area contributed by atoms with Crippen LogP contribution in [0.1, 0.15) is 63.9 Å². The molecule has 1 saturated heterocycles. The lowest BCUT2D eigenvalue weighted by molar-refractivity contribution is 0.102. The van der Waals surface area contributed by atoms with Crippen molar-refractivity contribution in [3.05, 3.63) is 142 Å². The lowest BCUT2D eigenvalue weighted by Gasteiger charge is -2.34. The summed E-state index contributed by atoms with van der Waals surface area (Å²) in [7, 11) is 2.14. The number of ketones is 1. The van der Waals surface area contributed by atoms with Crippen LogP contribution in [0, 0.1) is 5.82 Å². The third-order valence-corrected chi connectivity index (χ3v) is 9.52. The molecule has 1 aliphatic heterocycles. The van der Waals surface area contributed by atoms with Crippen molar-refractivity contribution < 1.29 is 13.9 Å². The highest BCUT2D eigenvalue weighted by Crippen LogP contribution is 2.30. The molecule has 4 aromatic carbocycles.